The average molecular weight is 325 g/mol. The maximum atomic E-state index is 12.8. The number of aryl methyl sites for hydroxylation is 1. The van der Waals surface area contributed by atoms with Crippen molar-refractivity contribution >= 4 is 11.9 Å². The molecule has 0 aromatic heterocycles. The number of carbonyl (C=O) groups is 2. The lowest BCUT2D eigenvalue weighted by Gasteiger charge is -2.30. The van der Waals surface area contributed by atoms with Crippen molar-refractivity contribution in [2.45, 2.75) is 56.9 Å². The summed E-state index contributed by atoms with van der Waals surface area (Å²) in [6, 6.07) is 5.96. The van der Waals surface area contributed by atoms with Gasteiger partial charge in [-0.2, -0.15) is 0 Å². The first-order chi connectivity index (χ1) is 10.8. The van der Waals surface area contributed by atoms with Crippen molar-refractivity contribution in [1.29, 1.82) is 0 Å². The molecule has 0 aliphatic heterocycles. The number of benzene rings is 1. The highest BCUT2D eigenvalue weighted by molar-refractivity contribution is 5.91. The van der Waals surface area contributed by atoms with Crippen molar-refractivity contribution in [2.75, 3.05) is 0 Å². The number of rotatable bonds is 6. The third-order valence-corrected chi connectivity index (χ3v) is 4.48. The number of carboxylic acids is 1. The number of hydrogen-bond acceptors (Lipinski definition) is 2. The van der Waals surface area contributed by atoms with E-state index in [1.165, 1.54) is 0 Å². The largest absolute Gasteiger partial charge is 0.480 e. The maximum absolute atomic E-state index is 12.8. The first-order valence-electron chi connectivity index (χ1n) is 7.74. The van der Waals surface area contributed by atoms with Gasteiger partial charge in [-0.15, -0.1) is 0 Å². The number of nitrogens with one attached hydrogen (secondary N) is 1. The Balaban J connectivity index is 2.26. The lowest BCUT2D eigenvalue weighted by molar-refractivity contribution is -0.144. The van der Waals surface area contributed by atoms with E-state index in [9.17, 15) is 18.4 Å². The predicted octanol–water partition coefficient (Wildman–Crippen LogP) is 3.03. The van der Waals surface area contributed by atoms with Crippen LogP contribution in [0, 0.1) is 6.92 Å². The van der Waals surface area contributed by atoms with E-state index in [1.807, 2.05) is 31.2 Å². The van der Waals surface area contributed by atoms with Crippen molar-refractivity contribution in [1.82, 2.24) is 5.32 Å². The van der Waals surface area contributed by atoms with Gasteiger partial charge >= 0.3 is 5.97 Å². The van der Waals surface area contributed by atoms with Crippen molar-refractivity contribution in [3.8, 4) is 0 Å². The first kappa shape index (κ1) is 17.4. The minimum Gasteiger partial charge on any atom is -0.480 e. The molecule has 0 spiro atoms. The second-order valence-electron chi connectivity index (χ2n) is 6.15. The normalized spacial score (nSPS) is 17.9. The summed E-state index contributed by atoms with van der Waals surface area (Å²) < 4.78 is 25.1. The predicted molar refractivity (Wildman–Crippen MR) is 81.5 cm³/mol. The van der Waals surface area contributed by atoms with Crippen LogP contribution in [0.25, 0.3) is 0 Å². The second kappa shape index (κ2) is 7.06. The number of carbonyl (C=O) groups excluding carboxylic acids is 1. The molecule has 6 heteroatoms. The van der Waals surface area contributed by atoms with Gasteiger partial charge in [0, 0.05) is 6.42 Å². The Hall–Kier alpha value is -1.98. The van der Waals surface area contributed by atoms with Gasteiger partial charge in [-0.3, -0.25) is 4.79 Å². The van der Waals surface area contributed by atoms with Gasteiger partial charge in [-0.1, -0.05) is 42.7 Å². The summed E-state index contributed by atoms with van der Waals surface area (Å²) in [5.74, 6) is -1.90. The van der Waals surface area contributed by atoms with E-state index in [1.54, 1.807) is 0 Å². The third kappa shape index (κ3) is 3.86. The Labute approximate surface area is 133 Å². The molecule has 126 valence electrons. The van der Waals surface area contributed by atoms with Gasteiger partial charge in [-0.25, -0.2) is 13.6 Å². The van der Waals surface area contributed by atoms with Crippen molar-refractivity contribution in [3.63, 3.8) is 0 Å². The summed E-state index contributed by atoms with van der Waals surface area (Å²) in [6.45, 7) is 1.92. The first-order valence-corrected chi connectivity index (χ1v) is 7.74. The van der Waals surface area contributed by atoms with E-state index in [4.69, 9.17) is 5.11 Å². The smallest absolute Gasteiger partial charge is 0.326 e. The van der Waals surface area contributed by atoms with E-state index in [0.29, 0.717) is 12.8 Å². The quantitative estimate of drug-likeness (QED) is 0.845. The minimum absolute atomic E-state index is 0.464. The fourth-order valence-corrected chi connectivity index (χ4v) is 3.26. The van der Waals surface area contributed by atoms with E-state index in [0.717, 1.165) is 24.0 Å². The molecular weight excluding hydrogens is 304 g/mol. The second-order valence-corrected chi connectivity index (χ2v) is 6.15. The molecule has 4 nitrogen and oxygen atoms in total. The molecule has 1 atom stereocenters. The molecule has 1 fully saturated rings. The number of hydrogen-bond donors (Lipinski definition) is 2. The summed E-state index contributed by atoms with van der Waals surface area (Å²) in [7, 11) is 0. The molecule has 0 saturated heterocycles. The molecule has 0 heterocycles. The van der Waals surface area contributed by atoms with E-state index in [-0.39, 0.29) is 0 Å². The minimum atomic E-state index is -2.78. The number of alkyl halides is 2. The van der Waals surface area contributed by atoms with Crippen molar-refractivity contribution in [3.05, 3.63) is 35.4 Å². The molecule has 1 unspecified atom stereocenters. The Bertz CT molecular complexity index is 583. The fourth-order valence-electron chi connectivity index (χ4n) is 3.26. The third-order valence-electron chi connectivity index (χ3n) is 4.48. The van der Waals surface area contributed by atoms with Crippen LogP contribution in [-0.2, 0) is 15.0 Å². The number of amides is 1. The lowest BCUT2D eigenvalue weighted by atomic mass is 9.77. The van der Waals surface area contributed by atoms with Gasteiger partial charge < -0.3 is 10.4 Å². The Morgan fingerprint density at radius 2 is 1.96 bits per heavy atom. The molecule has 1 aliphatic rings. The van der Waals surface area contributed by atoms with E-state index >= 15 is 0 Å². The van der Waals surface area contributed by atoms with E-state index in [2.05, 4.69) is 5.32 Å². The van der Waals surface area contributed by atoms with Gasteiger partial charge in [-0.05, 0) is 25.3 Å². The summed E-state index contributed by atoms with van der Waals surface area (Å²) in [5.41, 5.74) is 1.01. The number of aliphatic carboxylic acids is 1. The molecule has 1 aromatic carbocycles. The molecule has 1 saturated carbocycles. The highest BCUT2D eigenvalue weighted by atomic mass is 19.3. The zero-order chi connectivity index (χ0) is 17.0. The molecule has 0 bridgehead atoms. The monoisotopic (exact) mass is 325 g/mol. The Kier molecular flexibility index (Phi) is 5.34. The summed E-state index contributed by atoms with van der Waals surface area (Å²) in [6.07, 6.45) is -0.755. The standard InChI is InChI=1S/C17H21F2NO3/c1-11-5-4-6-12(9-11)17(7-2-3-8-17)16(23)20-13(15(21)22)10-14(18)19/h4-6,9,13-14H,2-3,7-8,10H2,1H3,(H,20,23)(H,21,22). The van der Waals surface area contributed by atoms with E-state index < -0.39 is 36.2 Å². The van der Waals surface area contributed by atoms with Crippen LogP contribution in [0.3, 0.4) is 0 Å². The van der Waals surface area contributed by atoms with Crippen LogP contribution in [0.5, 0.6) is 0 Å². The van der Waals surface area contributed by atoms with Crippen molar-refractivity contribution < 1.29 is 23.5 Å². The number of halogens is 2. The SMILES string of the molecule is Cc1cccc(C2(C(=O)NC(CC(F)F)C(=O)O)CCCC2)c1. The lowest BCUT2D eigenvalue weighted by Crippen LogP contribution is -2.50. The Morgan fingerprint density at radius 3 is 2.48 bits per heavy atom. The molecule has 23 heavy (non-hydrogen) atoms. The molecule has 1 amide bonds. The summed E-state index contributed by atoms with van der Waals surface area (Å²) in [5, 5.41) is 11.4. The van der Waals surface area contributed by atoms with Crippen LogP contribution >= 0.6 is 0 Å². The van der Waals surface area contributed by atoms with Gasteiger partial charge in [0.1, 0.15) is 6.04 Å². The summed E-state index contributed by atoms with van der Waals surface area (Å²) in [4.78, 5) is 23.9. The van der Waals surface area contributed by atoms with Crippen LogP contribution in [0.4, 0.5) is 8.78 Å². The van der Waals surface area contributed by atoms with Gasteiger partial charge in [0.2, 0.25) is 12.3 Å². The molecule has 1 aromatic rings. The summed E-state index contributed by atoms with van der Waals surface area (Å²) >= 11 is 0. The molecule has 0 radical (unpaired) electrons. The van der Waals surface area contributed by atoms with Crippen LogP contribution in [-0.4, -0.2) is 29.5 Å². The average Bonchev–Trinajstić information content (AvgIpc) is 2.96. The van der Waals surface area contributed by atoms with Crippen LogP contribution < -0.4 is 5.32 Å². The number of carboxylic acid groups (broad SMARTS) is 1. The van der Waals surface area contributed by atoms with Gasteiger partial charge in [0.05, 0.1) is 5.41 Å². The molecule has 2 rings (SSSR count). The zero-order valence-corrected chi connectivity index (χ0v) is 13.0. The van der Waals surface area contributed by atoms with Crippen LogP contribution in [0.15, 0.2) is 24.3 Å². The highest BCUT2D eigenvalue weighted by Gasteiger charge is 2.44. The van der Waals surface area contributed by atoms with Gasteiger partial charge in [0.25, 0.3) is 0 Å². The molecule has 2 N–H and O–H groups in total. The van der Waals surface area contributed by atoms with Gasteiger partial charge in [0.15, 0.2) is 0 Å². The maximum Gasteiger partial charge on any atom is 0.326 e. The highest BCUT2D eigenvalue weighted by Crippen LogP contribution is 2.41. The molecular formula is C17H21F2NO3. The van der Waals surface area contributed by atoms with Crippen LogP contribution in [0.1, 0.15) is 43.2 Å². The fraction of sp³-hybridized carbons (Fsp3) is 0.529. The zero-order valence-electron chi connectivity index (χ0n) is 13.0. The Morgan fingerprint density at radius 1 is 1.30 bits per heavy atom. The van der Waals surface area contributed by atoms with Crippen molar-refractivity contribution in [2.24, 2.45) is 0 Å². The topological polar surface area (TPSA) is 66.4 Å². The molecule has 1 aliphatic carbocycles. The van der Waals surface area contributed by atoms with Crippen LogP contribution in [0.2, 0.25) is 0 Å².